The topological polar surface area (TPSA) is 68.3 Å². The Balaban J connectivity index is 2.24. The molecule has 88 valence electrons. The molecule has 1 aromatic heterocycles. The molecule has 2 rings (SSSR count). The number of halogens is 2. The lowest BCUT2D eigenvalue weighted by Gasteiger charge is -2.08. The van der Waals surface area contributed by atoms with E-state index in [-0.39, 0.29) is 11.0 Å². The van der Waals surface area contributed by atoms with E-state index in [1.165, 1.54) is 12.1 Å². The van der Waals surface area contributed by atoms with Gasteiger partial charge in [0, 0.05) is 0 Å². The first-order valence-corrected chi connectivity index (χ1v) is 5.44. The van der Waals surface area contributed by atoms with Gasteiger partial charge >= 0.3 is 0 Å². The van der Waals surface area contributed by atoms with E-state index in [1.807, 2.05) is 0 Å². The fraction of sp³-hybridized carbons (Fsp3) is 0. The first-order valence-electron chi connectivity index (χ1n) is 4.68. The molecule has 1 heterocycles. The summed E-state index contributed by atoms with van der Waals surface area (Å²) in [5.41, 5.74) is 6.43. The molecular weight excluding hydrogens is 263 g/mol. The maximum absolute atomic E-state index is 11.8. The highest BCUT2D eigenvalue weighted by molar-refractivity contribution is 6.34. The monoisotopic (exact) mass is 270 g/mol. The molecule has 1 aromatic carbocycles. The molecule has 0 spiro atoms. The largest absolute Gasteiger partial charge is 0.440 e. The summed E-state index contributed by atoms with van der Waals surface area (Å²) in [4.78, 5) is 11.8. The van der Waals surface area contributed by atoms with Gasteiger partial charge in [-0.25, -0.2) is 0 Å². The van der Waals surface area contributed by atoms with Crippen LogP contribution in [0.4, 0.5) is 11.4 Å². The van der Waals surface area contributed by atoms with Gasteiger partial charge in [-0.2, -0.15) is 0 Å². The number of nitrogens with one attached hydrogen (secondary N) is 1. The van der Waals surface area contributed by atoms with Gasteiger partial charge in [-0.05, 0) is 35.9 Å². The number of carbonyl (C=O) groups excluding carboxylic acids is 1. The normalized spacial score (nSPS) is 10.2. The van der Waals surface area contributed by atoms with E-state index in [0.717, 1.165) is 0 Å². The number of hydrogen-bond donors (Lipinski definition) is 2. The molecule has 0 bridgehead atoms. The van der Waals surface area contributed by atoms with Crippen LogP contribution in [0.5, 0.6) is 0 Å². The Labute approximate surface area is 107 Å². The minimum atomic E-state index is -0.461. The summed E-state index contributed by atoms with van der Waals surface area (Å²) in [6.07, 6.45) is 0. The molecule has 0 aliphatic heterocycles. The molecule has 0 atom stereocenters. The fourth-order valence-electron chi connectivity index (χ4n) is 1.28. The van der Waals surface area contributed by atoms with Gasteiger partial charge in [-0.15, -0.1) is 0 Å². The summed E-state index contributed by atoms with van der Waals surface area (Å²) in [6.45, 7) is 0. The van der Waals surface area contributed by atoms with E-state index in [0.29, 0.717) is 16.4 Å². The van der Waals surface area contributed by atoms with Gasteiger partial charge in [-0.1, -0.05) is 17.7 Å². The standard InChI is InChI=1S/C11H8Cl2N2O2/c12-6-2-1-3-7(14)10(6)15-11(16)8-4-5-9(13)17-8/h1-5H,14H2,(H,15,16). The highest BCUT2D eigenvalue weighted by Crippen LogP contribution is 2.28. The Bertz CT molecular complexity index is 546. The maximum Gasteiger partial charge on any atom is 0.291 e. The number of rotatable bonds is 2. The Morgan fingerprint density at radius 3 is 2.59 bits per heavy atom. The van der Waals surface area contributed by atoms with Gasteiger partial charge in [0.15, 0.2) is 11.0 Å². The smallest absolute Gasteiger partial charge is 0.291 e. The van der Waals surface area contributed by atoms with E-state index in [4.69, 9.17) is 33.4 Å². The van der Waals surface area contributed by atoms with Gasteiger partial charge in [0.2, 0.25) is 0 Å². The Kier molecular flexibility index (Phi) is 3.26. The summed E-state index contributed by atoms with van der Waals surface area (Å²) >= 11 is 11.5. The minimum Gasteiger partial charge on any atom is -0.440 e. The number of hydrogen-bond acceptors (Lipinski definition) is 3. The summed E-state index contributed by atoms with van der Waals surface area (Å²) in [5.74, 6) is -0.369. The second-order valence-corrected chi connectivity index (χ2v) is 4.04. The molecule has 0 aliphatic rings. The quantitative estimate of drug-likeness (QED) is 0.822. The van der Waals surface area contributed by atoms with Crippen LogP contribution in [0.25, 0.3) is 0 Å². The number of amides is 1. The Morgan fingerprint density at radius 1 is 1.24 bits per heavy atom. The van der Waals surface area contributed by atoms with Crippen LogP contribution < -0.4 is 11.1 Å². The van der Waals surface area contributed by atoms with Gasteiger partial charge in [0.1, 0.15) is 0 Å². The van der Waals surface area contributed by atoms with Crippen molar-refractivity contribution >= 4 is 40.5 Å². The van der Waals surface area contributed by atoms with Crippen molar-refractivity contribution in [1.29, 1.82) is 0 Å². The van der Waals surface area contributed by atoms with Crippen molar-refractivity contribution in [2.24, 2.45) is 0 Å². The Hall–Kier alpha value is -1.65. The molecule has 1 amide bonds. The third-order valence-corrected chi connectivity index (χ3v) is 2.60. The van der Waals surface area contributed by atoms with Crippen LogP contribution in [-0.2, 0) is 0 Å². The molecule has 6 heteroatoms. The zero-order chi connectivity index (χ0) is 12.4. The van der Waals surface area contributed by atoms with Crippen molar-refractivity contribution in [3.63, 3.8) is 0 Å². The lowest BCUT2D eigenvalue weighted by Crippen LogP contribution is -2.12. The number of nitrogens with two attached hydrogens (primary N) is 1. The lowest BCUT2D eigenvalue weighted by atomic mass is 10.2. The molecule has 0 saturated carbocycles. The number of carbonyl (C=O) groups is 1. The molecule has 0 unspecified atom stereocenters. The van der Waals surface area contributed by atoms with Crippen LogP contribution in [0, 0.1) is 0 Å². The average molecular weight is 271 g/mol. The van der Waals surface area contributed by atoms with E-state index in [1.54, 1.807) is 18.2 Å². The van der Waals surface area contributed by atoms with Crippen LogP contribution in [0.1, 0.15) is 10.6 Å². The third kappa shape index (κ3) is 2.54. The first kappa shape index (κ1) is 11.8. The summed E-state index contributed by atoms with van der Waals surface area (Å²) in [6, 6.07) is 7.90. The van der Waals surface area contributed by atoms with Crippen LogP contribution in [0.3, 0.4) is 0 Å². The minimum absolute atomic E-state index is 0.0920. The van der Waals surface area contributed by atoms with E-state index < -0.39 is 5.91 Å². The van der Waals surface area contributed by atoms with E-state index in [9.17, 15) is 4.79 Å². The predicted molar refractivity (Wildman–Crippen MR) is 67.5 cm³/mol. The number of nitrogen functional groups attached to an aromatic ring is 1. The van der Waals surface area contributed by atoms with Gasteiger partial charge in [0.05, 0.1) is 16.4 Å². The van der Waals surface area contributed by atoms with Gasteiger partial charge in [0.25, 0.3) is 5.91 Å². The van der Waals surface area contributed by atoms with Crippen molar-refractivity contribution in [3.05, 3.63) is 46.3 Å². The van der Waals surface area contributed by atoms with Crippen molar-refractivity contribution in [1.82, 2.24) is 0 Å². The second-order valence-electron chi connectivity index (χ2n) is 3.26. The SMILES string of the molecule is Nc1cccc(Cl)c1NC(=O)c1ccc(Cl)o1. The molecule has 17 heavy (non-hydrogen) atoms. The van der Waals surface area contributed by atoms with Crippen molar-refractivity contribution in [2.75, 3.05) is 11.1 Å². The zero-order valence-corrected chi connectivity index (χ0v) is 10.0. The molecule has 3 N–H and O–H groups in total. The summed E-state index contributed by atoms with van der Waals surface area (Å²) in [5, 5.41) is 3.06. The molecule has 0 saturated heterocycles. The van der Waals surface area contributed by atoms with Crippen LogP contribution in [-0.4, -0.2) is 5.91 Å². The number of anilines is 2. The fourth-order valence-corrected chi connectivity index (χ4v) is 1.66. The third-order valence-electron chi connectivity index (χ3n) is 2.08. The van der Waals surface area contributed by atoms with E-state index in [2.05, 4.69) is 5.32 Å². The number of para-hydroxylation sites is 1. The second kappa shape index (κ2) is 4.69. The molecule has 4 nitrogen and oxygen atoms in total. The highest BCUT2D eigenvalue weighted by Gasteiger charge is 2.13. The zero-order valence-electron chi connectivity index (χ0n) is 8.54. The van der Waals surface area contributed by atoms with Crippen molar-refractivity contribution in [3.8, 4) is 0 Å². The van der Waals surface area contributed by atoms with Crippen molar-refractivity contribution in [2.45, 2.75) is 0 Å². The van der Waals surface area contributed by atoms with Crippen LogP contribution in [0.2, 0.25) is 10.2 Å². The summed E-state index contributed by atoms with van der Waals surface area (Å²) < 4.78 is 4.97. The predicted octanol–water partition coefficient (Wildman–Crippen LogP) is 3.42. The van der Waals surface area contributed by atoms with Crippen LogP contribution in [0.15, 0.2) is 34.7 Å². The van der Waals surface area contributed by atoms with Gasteiger partial charge < -0.3 is 15.5 Å². The molecule has 0 fully saturated rings. The first-order chi connectivity index (χ1) is 8.08. The lowest BCUT2D eigenvalue weighted by molar-refractivity contribution is 0.0997. The average Bonchev–Trinajstić information content (AvgIpc) is 2.70. The molecular formula is C11H8Cl2N2O2. The van der Waals surface area contributed by atoms with E-state index >= 15 is 0 Å². The summed E-state index contributed by atoms with van der Waals surface area (Å²) in [7, 11) is 0. The highest BCUT2D eigenvalue weighted by atomic mass is 35.5. The van der Waals surface area contributed by atoms with Crippen LogP contribution >= 0.6 is 23.2 Å². The van der Waals surface area contributed by atoms with Gasteiger partial charge in [-0.3, -0.25) is 4.79 Å². The number of benzene rings is 1. The molecule has 2 aromatic rings. The maximum atomic E-state index is 11.8. The molecule has 0 radical (unpaired) electrons. The van der Waals surface area contributed by atoms with Crippen molar-refractivity contribution < 1.29 is 9.21 Å². The number of furan rings is 1. The molecule has 0 aliphatic carbocycles. The Morgan fingerprint density at radius 2 is 2.00 bits per heavy atom.